The third kappa shape index (κ3) is 5.06. The van der Waals surface area contributed by atoms with Crippen LogP contribution in [0.5, 0.6) is 0 Å². The van der Waals surface area contributed by atoms with Gasteiger partial charge >= 0.3 is 12.0 Å². The van der Waals surface area contributed by atoms with Crippen LogP contribution >= 0.6 is 0 Å². The van der Waals surface area contributed by atoms with Crippen LogP contribution in [0.2, 0.25) is 0 Å². The summed E-state index contributed by atoms with van der Waals surface area (Å²) in [6.45, 7) is 2.72. The van der Waals surface area contributed by atoms with Crippen LogP contribution in [0, 0.1) is 0 Å². The van der Waals surface area contributed by atoms with Crippen molar-refractivity contribution in [2.24, 2.45) is 0 Å². The molecule has 0 aromatic rings. The fraction of sp³-hybridized carbons (Fsp3) is 0.846. The molecule has 0 bridgehead atoms. The number of amides is 2. The largest absolute Gasteiger partial charge is 0.481 e. The Bertz CT molecular complexity index is 309. The average Bonchev–Trinajstić information content (AvgIpc) is 2.83. The summed E-state index contributed by atoms with van der Waals surface area (Å²) >= 11 is 0. The summed E-state index contributed by atoms with van der Waals surface area (Å²) in [5, 5.41) is 20.4. The minimum absolute atomic E-state index is 0.0443. The van der Waals surface area contributed by atoms with Gasteiger partial charge in [0.2, 0.25) is 0 Å². The second-order valence-corrected chi connectivity index (χ2v) is 5.01. The standard InChI is InChI=1S/C13H24N2O4/c1-2-10(9-12(17)18)14-13(19)15-7-3-5-11(15)6-4-8-16/h10-11,16H,2-9H2,1H3,(H,14,19)(H,17,18). The first kappa shape index (κ1) is 15.8. The van der Waals surface area contributed by atoms with Crippen molar-refractivity contribution in [1.82, 2.24) is 10.2 Å². The second-order valence-electron chi connectivity index (χ2n) is 5.01. The number of hydrogen-bond acceptors (Lipinski definition) is 3. The van der Waals surface area contributed by atoms with Gasteiger partial charge in [0, 0.05) is 25.2 Å². The molecule has 19 heavy (non-hydrogen) atoms. The van der Waals surface area contributed by atoms with Gasteiger partial charge in [0.05, 0.1) is 6.42 Å². The average molecular weight is 272 g/mol. The lowest BCUT2D eigenvalue weighted by molar-refractivity contribution is -0.137. The molecule has 2 amide bonds. The lowest BCUT2D eigenvalue weighted by atomic mass is 10.1. The molecular formula is C13H24N2O4. The third-order valence-electron chi connectivity index (χ3n) is 3.57. The number of carbonyl (C=O) groups is 2. The van der Waals surface area contributed by atoms with Crippen molar-refractivity contribution in [3.05, 3.63) is 0 Å². The summed E-state index contributed by atoms with van der Waals surface area (Å²) in [4.78, 5) is 24.6. The summed E-state index contributed by atoms with van der Waals surface area (Å²) in [5.74, 6) is -0.898. The number of carbonyl (C=O) groups excluding carboxylic acids is 1. The molecule has 0 radical (unpaired) electrons. The number of rotatable bonds is 7. The molecule has 110 valence electrons. The van der Waals surface area contributed by atoms with Crippen LogP contribution in [0.1, 0.15) is 45.4 Å². The first-order valence-corrected chi connectivity index (χ1v) is 6.98. The van der Waals surface area contributed by atoms with E-state index < -0.39 is 5.97 Å². The Balaban J connectivity index is 2.48. The number of carboxylic acid groups (broad SMARTS) is 1. The zero-order valence-electron chi connectivity index (χ0n) is 11.5. The monoisotopic (exact) mass is 272 g/mol. The van der Waals surface area contributed by atoms with E-state index in [2.05, 4.69) is 5.32 Å². The number of urea groups is 1. The summed E-state index contributed by atoms with van der Waals surface area (Å²) in [5.41, 5.74) is 0. The first-order chi connectivity index (χ1) is 9.08. The van der Waals surface area contributed by atoms with Gasteiger partial charge < -0.3 is 20.4 Å². The van der Waals surface area contributed by atoms with Gasteiger partial charge in [-0.15, -0.1) is 0 Å². The second kappa shape index (κ2) is 7.99. The number of nitrogens with zero attached hydrogens (tertiary/aromatic N) is 1. The van der Waals surface area contributed by atoms with Crippen LogP contribution < -0.4 is 5.32 Å². The molecule has 2 unspecified atom stereocenters. The van der Waals surface area contributed by atoms with Gasteiger partial charge in [-0.25, -0.2) is 4.79 Å². The molecule has 3 N–H and O–H groups in total. The molecule has 1 heterocycles. The van der Waals surface area contributed by atoms with Gasteiger partial charge in [-0.2, -0.15) is 0 Å². The van der Waals surface area contributed by atoms with Gasteiger partial charge in [0.15, 0.2) is 0 Å². The predicted octanol–water partition coefficient (Wildman–Crippen LogP) is 1.19. The fourth-order valence-electron chi connectivity index (χ4n) is 2.50. The van der Waals surface area contributed by atoms with Crippen molar-refractivity contribution in [2.75, 3.05) is 13.2 Å². The minimum Gasteiger partial charge on any atom is -0.481 e. The molecule has 0 aromatic heterocycles. The number of likely N-dealkylation sites (tertiary alicyclic amines) is 1. The van der Waals surface area contributed by atoms with Crippen molar-refractivity contribution in [2.45, 2.75) is 57.5 Å². The highest BCUT2D eigenvalue weighted by Crippen LogP contribution is 2.21. The predicted molar refractivity (Wildman–Crippen MR) is 70.9 cm³/mol. The lowest BCUT2D eigenvalue weighted by Crippen LogP contribution is -2.47. The van der Waals surface area contributed by atoms with Crippen LogP contribution in [-0.2, 0) is 4.79 Å². The Morgan fingerprint density at radius 1 is 1.47 bits per heavy atom. The van der Waals surface area contributed by atoms with Crippen LogP contribution in [0.25, 0.3) is 0 Å². The van der Waals surface area contributed by atoms with E-state index >= 15 is 0 Å². The molecule has 0 aliphatic carbocycles. The van der Waals surface area contributed by atoms with Crippen molar-refractivity contribution < 1.29 is 19.8 Å². The first-order valence-electron chi connectivity index (χ1n) is 6.98. The van der Waals surface area contributed by atoms with Crippen LogP contribution in [0.15, 0.2) is 0 Å². The van der Waals surface area contributed by atoms with E-state index in [1.807, 2.05) is 6.92 Å². The Morgan fingerprint density at radius 2 is 2.21 bits per heavy atom. The number of nitrogens with one attached hydrogen (secondary N) is 1. The highest BCUT2D eigenvalue weighted by molar-refractivity contribution is 5.76. The SMILES string of the molecule is CCC(CC(=O)O)NC(=O)N1CCCC1CCCO. The Labute approximate surface area is 113 Å². The van der Waals surface area contributed by atoms with E-state index in [1.54, 1.807) is 4.90 Å². The van der Waals surface area contributed by atoms with E-state index in [0.717, 1.165) is 19.3 Å². The quantitative estimate of drug-likeness (QED) is 0.649. The molecular weight excluding hydrogens is 248 g/mol. The summed E-state index contributed by atoms with van der Waals surface area (Å²) < 4.78 is 0. The van der Waals surface area contributed by atoms with Crippen molar-refractivity contribution in [3.8, 4) is 0 Å². The smallest absolute Gasteiger partial charge is 0.317 e. The molecule has 6 nitrogen and oxygen atoms in total. The van der Waals surface area contributed by atoms with Gasteiger partial charge in [0.25, 0.3) is 0 Å². The molecule has 6 heteroatoms. The zero-order valence-corrected chi connectivity index (χ0v) is 11.5. The summed E-state index contributed by atoms with van der Waals surface area (Å²) in [7, 11) is 0. The maximum Gasteiger partial charge on any atom is 0.317 e. The van der Waals surface area contributed by atoms with E-state index in [-0.39, 0.29) is 31.1 Å². The molecule has 2 atom stereocenters. The van der Waals surface area contributed by atoms with Gasteiger partial charge in [0.1, 0.15) is 0 Å². The van der Waals surface area contributed by atoms with E-state index in [0.29, 0.717) is 19.4 Å². The maximum atomic E-state index is 12.1. The number of hydrogen-bond donors (Lipinski definition) is 3. The molecule has 0 aromatic carbocycles. The molecule has 0 spiro atoms. The minimum atomic E-state index is -0.898. The van der Waals surface area contributed by atoms with Gasteiger partial charge in [-0.3, -0.25) is 4.79 Å². The molecule has 1 rings (SSSR count). The molecule has 1 aliphatic rings. The molecule has 1 fully saturated rings. The van der Waals surface area contributed by atoms with Crippen LogP contribution in [-0.4, -0.2) is 52.3 Å². The highest BCUT2D eigenvalue weighted by atomic mass is 16.4. The zero-order chi connectivity index (χ0) is 14.3. The topological polar surface area (TPSA) is 89.9 Å². The number of carboxylic acids is 1. The Kier molecular flexibility index (Phi) is 6.62. The summed E-state index contributed by atoms with van der Waals surface area (Å²) in [6.07, 6.45) is 3.99. The van der Waals surface area contributed by atoms with Crippen molar-refractivity contribution >= 4 is 12.0 Å². The third-order valence-corrected chi connectivity index (χ3v) is 3.57. The Hall–Kier alpha value is -1.30. The number of aliphatic hydroxyl groups excluding tert-OH is 1. The van der Waals surface area contributed by atoms with Crippen molar-refractivity contribution in [1.29, 1.82) is 0 Å². The van der Waals surface area contributed by atoms with E-state index in [4.69, 9.17) is 10.2 Å². The molecule has 1 saturated heterocycles. The normalized spacial score (nSPS) is 20.3. The molecule has 0 saturated carbocycles. The highest BCUT2D eigenvalue weighted by Gasteiger charge is 2.29. The maximum absolute atomic E-state index is 12.1. The summed E-state index contributed by atoms with van der Waals surface area (Å²) in [6, 6.07) is -0.313. The van der Waals surface area contributed by atoms with E-state index in [1.165, 1.54) is 0 Å². The lowest BCUT2D eigenvalue weighted by Gasteiger charge is -2.27. The van der Waals surface area contributed by atoms with E-state index in [9.17, 15) is 9.59 Å². The fourth-order valence-corrected chi connectivity index (χ4v) is 2.50. The number of aliphatic carboxylic acids is 1. The van der Waals surface area contributed by atoms with Gasteiger partial charge in [-0.05, 0) is 32.1 Å². The van der Waals surface area contributed by atoms with Crippen LogP contribution in [0.4, 0.5) is 4.79 Å². The van der Waals surface area contributed by atoms with Crippen molar-refractivity contribution in [3.63, 3.8) is 0 Å². The molecule has 1 aliphatic heterocycles. The Morgan fingerprint density at radius 3 is 2.79 bits per heavy atom. The van der Waals surface area contributed by atoms with Gasteiger partial charge in [-0.1, -0.05) is 6.92 Å². The number of aliphatic hydroxyl groups is 1. The van der Waals surface area contributed by atoms with Crippen LogP contribution in [0.3, 0.4) is 0 Å².